The number of nitrogens with zero attached hydrogens (tertiary/aromatic N) is 3. The van der Waals surface area contributed by atoms with Crippen molar-refractivity contribution in [1.29, 1.82) is 0 Å². The molecule has 1 unspecified atom stereocenters. The van der Waals surface area contributed by atoms with Crippen LogP contribution in [0.4, 0.5) is 0 Å². The number of fused-ring (bicyclic) bond motifs is 1. The highest BCUT2D eigenvalue weighted by atomic mass is 32.1. The van der Waals surface area contributed by atoms with Gasteiger partial charge in [-0.05, 0) is 32.0 Å². The minimum atomic E-state index is -0.803. The van der Waals surface area contributed by atoms with Gasteiger partial charge in [0.2, 0.25) is 5.91 Å². The van der Waals surface area contributed by atoms with Gasteiger partial charge in [0, 0.05) is 11.4 Å². The van der Waals surface area contributed by atoms with Gasteiger partial charge in [0.25, 0.3) is 11.6 Å². The molecule has 2 amide bonds. The van der Waals surface area contributed by atoms with Crippen LogP contribution < -0.4 is 5.73 Å². The van der Waals surface area contributed by atoms with E-state index in [0.29, 0.717) is 34.6 Å². The molecule has 1 fully saturated rings. The Bertz CT molecular complexity index is 1040. The monoisotopic (exact) mass is 386 g/mol. The van der Waals surface area contributed by atoms with Gasteiger partial charge in [-0.15, -0.1) is 11.3 Å². The molecule has 0 radical (unpaired) electrons. The molecule has 3 aromatic rings. The lowest BCUT2D eigenvalue weighted by Crippen LogP contribution is -2.50. The lowest BCUT2D eigenvalue weighted by atomic mass is 10.1. The number of aryl methyl sites for hydroxylation is 2. The lowest BCUT2D eigenvalue weighted by Gasteiger charge is -2.31. The predicted molar refractivity (Wildman–Crippen MR) is 99.4 cm³/mol. The number of hydrogen-bond donors (Lipinski definition) is 1. The zero-order chi connectivity index (χ0) is 19.1. The van der Waals surface area contributed by atoms with E-state index in [0.717, 1.165) is 9.75 Å². The molecule has 0 bridgehead atoms. The topological polar surface area (TPSA) is 112 Å². The second-order valence-electron chi connectivity index (χ2n) is 6.43. The third-order valence-electron chi connectivity index (χ3n) is 4.51. The number of primary amides is 1. The quantitative estimate of drug-likeness (QED) is 0.736. The van der Waals surface area contributed by atoms with Gasteiger partial charge in [0.15, 0.2) is 6.10 Å². The summed E-state index contributed by atoms with van der Waals surface area (Å²) in [4.78, 5) is 32.9. The van der Waals surface area contributed by atoms with E-state index in [1.165, 1.54) is 0 Å². The van der Waals surface area contributed by atoms with Crippen molar-refractivity contribution < 1.29 is 18.8 Å². The van der Waals surface area contributed by atoms with E-state index in [4.69, 9.17) is 15.0 Å². The maximum absolute atomic E-state index is 13.2. The molecule has 4 heterocycles. The molecule has 1 atom stereocenters. The molecule has 1 aliphatic rings. The molecule has 1 aliphatic heterocycles. The van der Waals surface area contributed by atoms with Gasteiger partial charge in [-0.2, -0.15) is 0 Å². The van der Waals surface area contributed by atoms with Gasteiger partial charge >= 0.3 is 0 Å². The fraction of sp³-hybridized carbons (Fsp3) is 0.333. The number of morpholine rings is 1. The van der Waals surface area contributed by atoms with Crippen molar-refractivity contribution >= 4 is 34.3 Å². The van der Waals surface area contributed by atoms with E-state index in [2.05, 4.69) is 10.1 Å². The number of rotatable bonds is 3. The molecule has 140 valence electrons. The number of hydrogen-bond acceptors (Lipinski definition) is 7. The summed E-state index contributed by atoms with van der Waals surface area (Å²) in [6.45, 7) is 4.53. The van der Waals surface area contributed by atoms with E-state index in [-0.39, 0.29) is 19.1 Å². The first-order valence-electron chi connectivity index (χ1n) is 8.48. The van der Waals surface area contributed by atoms with Gasteiger partial charge in [0.1, 0.15) is 0 Å². The first-order chi connectivity index (χ1) is 12.9. The largest absolute Gasteiger partial charge is 0.367 e. The fourth-order valence-corrected chi connectivity index (χ4v) is 3.97. The first-order valence-corrected chi connectivity index (χ1v) is 9.29. The fourth-order valence-electron chi connectivity index (χ4n) is 3.14. The molecule has 0 aliphatic carbocycles. The zero-order valence-corrected chi connectivity index (χ0v) is 15.7. The lowest BCUT2D eigenvalue weighted by molar-refractivity contribution is -0.133. The minimum Gasteiger partial charge on any atom is -0.367 e. The smallest absolute Gasteiger partial charge is 0.259 e. The Morgan fingerprint density at radius 2 is 2.15 bits per heavy atom. The highest BCUT2D eigenvalue weighted by molar-refractivity contribution is 7.15. The van der Waals surface area contributed by atoms with Crippen LogP contribution >= 0.6 is 11.3 Å². The summed E-state index contributed by atoms with van der Waals surface area (Å²) in [7, 11) is 0. The maximum atomic E-state index is 13.2. The van der Waals surface area contributed by atoms with E-state index in [1.807, 2.05) is 19.1 Å². The zero-order valence-electron chi connectivity index (χ0n) is 14.9. The summed E-state index contributed by atoms with van der Waals surface area (Å²) < 4.78 is 10.7. The molecule has 27 heavy (non-hydrogen) atoms. The average molecular weight is 386 g/mol. The van der Waals surface area contributed by atoms with E-state index >= 15 is 0 Å². The standard InChI is InChI=1S/C18H18N4O4S/c1-9-3-4-14(27-9)12-7-11(15-10(2)21-26-17(15)20-12)18(24)22-5-6-25-13(8-22)16(19)23/h3-4,7,13H,5-6,8H2,1-2H3,(H2,19,23). The normalized spacial score (nSPS) is 17.4. The van der Waals surface area contributed by atoms with Crippen LogP contribution in [-0.2, 0) is 9.53 Å². The third-order valence-corrected chi connectivity index (χ3v) is 5.53. The molecule has 8 nitrogen and oxygen atoms in total. The molecular formula is C18H18N4O4S. The van der Waals surface area contributed by atoms with Crippen LogP contribution in [0.5, 0.6) is 0 Å². The van der Waals surface area contributed by atoms with Gasteiger partial charge < -0.3 is 19.9 Å². The van der Waals surface area contributed by atoms with Crippen molar-refractivity contribution in [3.8, 4) is 10.6 Å². The number of carbonyl (C=O) groups excluding carboxylic acids is 2. The number of nitrogens with two attached hydrogens (primary N) is 1. The minimum absolute atomic E-state index is 0.121. The van der Waals surface area contributed by atoms with Gasteiger partial charge in [0.05, 0.1) is 40.4 Å². The molecule has 1 saturated heterocycles. The van der Waals surface area contributed by atoms with Crippen LogP contribution in [0.2, 0.25) is 0 Å². The Hall–Kier alpha value is -2.78. The molecule has 0 aromatic carbocycles. The number of aromatic nitrogens is 2. The molecule has 3 aromatic heterocycles. The Morgan fingerprint density at radius 1 is 1.33 bits per heavy atom. The molecule has 9 heteroatoms. The van der Waals surface area contributed by atoms with Crippen LogP contribution in [-0.4, -0.2) is 52.7 Å². The van der Waals surface area contributed by atoms with Crippen molar-refractivity contribution in [3.63, 3.8) is 0 Å². The van der Waals surface area contributed by atoms with E-state index in [1.54, 1.807) is 29.2 Å². The summed E-state index contributed by atoms with van der Waals surface area (Å²) in [5.74, 6) is -0.805. The summed E-state index contributed by atoms with van der Waals surface area (Å²) in [5, 5.41) is 4.55. The van der Waals surface area contributed by atoms with Crippen molar-refractivity contribution in [2.45, 2.75) is 20.0 Å². The SMILES string of the molecule is Cc1ccc(-c2cc(C(=O)N3CCOC(C(N)=O)C3)c3c(C)noc3n2)s1. The van der Waals surface area contributed by atoms with Crippen molar-refractivity contribution in [1.82, 2.24) is 15.0 Å². The van der Waals surface area contributed by atoms with Gasteiger partial charge in [-0.25, -0.2) is 4.98 Å². The highest BCUT2D eigenvalue weighted by Gasteiger charge is 2.30. The van der Waals surface area contributed by atoms with Crippen molar-refractivity contribution in [2.75, 3.05) is 19.7 Å². The first kappa shape index (κ1) is 17.6. The number of carbonyl (C=O) groups is 2. The van der Waals surface area contributed by atoms with Crippen molar-refractivity contribution in [2.24, 2.45) is 5.73 Å². The van der Waals surface area contributed by atoms with Gasteiger partial charge in [-0.3, -0.25) is 9.59 Å². The van der Waals surface area contributed by atoms with Gasteiger partial charge in [-0.1, -0.05) is 5.16 Å². The van der Waals surface area contributed by atoms with E-state index < -0.39 is 12.0 Å². The Kier molecular flexibility index (Phi) is 4.40. The second-order valence-corrected chi connectivity index (χ2v) is 7.71. The molecular weight excluding hydrogens is 368 g/mol. The number of thiophene rings is 1. The third kappa shape index (κ3) is 3.19. The van der Waals surface area contributed by atoms with E-state index in [9.17, 15) is 9.59 Å². The second kappa shape index (κ2) is 6.75. The predicted octanol–water partition coefficient (Wildman–Crippen LogP) is 1.89. The van der Waals surface area contributed by atoms with Crippen LogP contribution in [0.25, 0.3) is 21.7 Å². The van der Waals surface area contributed by atoms with Crippen LogP contribution in [0, 0.1) is 13.8 Å². The maximum Gasteiger partial charge on any atom is 0.259 e. The number of amides is 2. The molecule has 0 spiro atoms. The summed E-state index contributed by atoms with van der Waals surface area (Å²) in [6, 6.07) is 5.72. The number of ether oxygens (including phenoxy) is 1. The van der Waals surface area contributed by atoms with Crippen molar-refractivity contribution in [3.05, 3.63) is 34.3 Å². The van der Waals surface area contributed by atoms with Crippen LogP contribution in [0.15, 0.2) is 22.7 Å². The summed E-state index contributed by atoms with van der Waals surface area (Å²) >= 11 is 1.59. The number of pyridine rings is 1. The Labute approximate surface area is 158 Å². The van der Waals surface area contributed by atoms with Crippen LogP contribution in [0.1, 0.15) is 20.9 Å². The summed E-state index contributed by atoms with van der Waals surface area (Å²) in [6.07, 6.45) is -0.803. The highest BCUT2D eigenvalue weighted by Crippen LogP contribution is 2.31. The molecule has 0 saturated carbocycles. The molecule has 2 N–H and O–H groups in total. The van der Waals surface area contributed by atoms with Crippen LogP contribution in [0.3, 0.4) is 0 Å². The Balaban J connectivity index is 1.78. The molecule has 4 rings (SSSR count). The Morgan fingerprint density at radius 3 is 2.85 bits per heavy atom. The average Bonchev–Trinajstić information content (AvgIpc) is 3.26. The summed E-state index contributed by atoms with van der Waals surface area (Å²) in [5.41, 5.74) is 7.35.